The van der Waals surface area contributed by atoms with E-state index < -0.39 is 0 Å². The van der Waals surface area contributed by atoms with Crippen molar-refractivity contribution in [2.45, 2.75) is 20.0 Å². The van der Waals surface area contributed by atoms with Crippen molar-refractivity contribution in [2.75, 3.05) is 25.1 Å². The fourth-order valence-electron chi connectivity index (χ4n) is 2.87. The molecule has 2 N–H and O–H groups in total. The van der Waals surface area contributed by atoms with Crippen molar-refractivity contribution in [2.24, 2.45) is 4.99 Å². The number of benzene rings is 2. The van der Waals surface area contributed by atoms with Gasteiger partial charge in [-0.05, 0) is 36.4 Å². The molecular weight excluding hydrogens is 354 g/mol. The highest BCUT2D eigenvalue weighted by Crippen LogP contribution is 2.14. The summed E-state index contributed by atoms with van der Waals surface area (Å²) in [5.41, 5.74) is 4.67. The van der Waals surface area contributed by atoms with Gasteiger partial charge in [-0.2, -0.15) is 11.8 Å². The van der Waals surface area contributed by atoms with Gasteiger partial charge >= 0.3 is 0 Å². The zero-order valence-corrected chi connectivity index (χ0v) is 16.8. The molecule has 3 rings (SSSR count). The van der Waals surface area contributed by atoms with Crippen molar-refractivity contribution in [3.8, 4) is 0 Å². The first-order valence-electron chi connectivity index (χ1n) is 9.29. The molecule has 0 fully saturated rings. The van der Waals surface area contributed by atoms with E-state index in [1.807, 2.05) is 30.2 Å². The Morgan fingerprint density at radius 2 is 1.85 bits per heavy atom. The molecule has 1 aromatic heterocycles. The van der Waals surface area contributed by atoms with E-state index in [0.717, 1.165) is 42.4 Å². The maximum Gasteiger partial charge on any atom is 0.191 e. The molecule has 142 valence electrons. The molecule has 0 atom stereocenters. The molecule has 0 aliphatic rings. The first-order valence-corrected chi connectivity index (χ1v) is 10.7. The van der Waals surface area contributed by atoms with E-state index in [1.165, 1.54) is 11.1 Å². The standard InChI is InChI=1S/C21H27N5S/c1-3-22-21(23-12-13-27-2)24-14-17-8-10-18(11-9-17)15-26-16-25-19-6-4-5-7-20(19)26/h4-11,16H,3,12-15H2,1-2H3,(H2,22,23,24). The second kappa shape index (κ2) is 10.0. The molecular formula is C21H27N5S. The van der Waals surface area contributed by atoms with Crippen LogP contribution in [0.4, 0.5) is 0 Å². The van der Waals surface area contributed by atoms with Crippen LogP contribution in [0.15, 0.2) is 59.9 Å². The van der Waals surface area contributed by atoms with Crippen LogP contribution in [-0.4, -0.2) is 40.6 Å². The second-order valence-corrected chi connectivity index (χ2v) is 7.28. The van der Waals surface area contributed by atoms with Gasteiger partial charge in [0.2, 0.25) is 0 Å². The van der Waals surface area contributed by atoms with Crippen LogP contribution in [0, 0.1) is 0 Å². The maximum absolute atomic E-state index is 4.67. The van der Waals surface area contributed by atoms with Crippen molar-refractivity contribution < 1.29 is 0 Å². The topological polar surface area (TPSA) is 54.2 Å². The van der Waals surface area contributed by atoms with Gasteiger partial charge in [-0.1, -0.05) is 36.4 Å². The van der Waals surface area contributed by atoms with Crippen LogP contribution in [0.3, 0.4) is 0 Å². The molecule has 2 aromatic carbocycles. The van der Waals surface area contributed by atoms with Crippen LogP contribution in [0.2, 0.25) is 0 Å². The molecule has 0 unspecified atom stereocenters. The van der Waals surface area contributed by atoms with E-state index in [0.29, 0.717) is 6.54 Å². The number of guanidine groups is 1. The van der Waals surface area contributed by atoms with Gasteiger partial charge in [0.1, 0.15) is 0 Å². The number of hydrogen-bond donors (Lipinski definition) is 2. The van der Waals surface area contributed by atoms with E-state index in [1.54, 1.807) is 0 Å². The largest absolute Gasteiger partial charge is 0.357 e. The first kappa shape index (κ1) is 19.3. The predicted octanol–water partition coefficient (Wildman–Crippen LogP) is 3.50. The van der Waals surface area contributed by atoms with Gasteiger partial charge in [0.05, 0.1) is 23.9 Å². The highest BCUT2D eigenvalue weighted by Gasteiger charge is 2.03. The first-order chi connectivity index (χ1) is 13.3. The number of nitrogens with one attached hydrogen (secondary N) is 2. The second-order valence-electron chi connectivity index (χ2n) is 6.29. The van der Waals surface area contributed by atoms with E-state index in [4.69, 9.17) is 0 Å². The van der Waals surface area contributed by atoms with Crippen LogP contribution in [-0.2, 0) is 13.1 Å². The van der Waals surface area contributed by atoms with Crippen molar-refractivity contribution >= 4 is 28.8 Å². The molecule has 27 heavy (non-hydrogen) atoms. The minimum absolute atomic E-state index is 0.670. The third kappa shape index (κ3) is 5.50. The number of fused-ring (bicyclic) bond motifs is 1. The number of imidazole rings is 1. The van der Waals surface area contributed by atoms with Crippen molar-refractivity contribution in [3.63, 3.8) is 0 Å². The van der Waals surface area contributed by atoms with Gasteiger partial charge in [0.15, 0.2) is 5.96 Å². The fraction of sp³-hybridized carbons (Fsp3) is 0.333. The lowest BCUT2D eigenvalue weighted by atomic mass is 10.1. The molecule has 0 spiro atoms. The van der Waals surface area contributed by atoms with Crippen LogP contribution in [0.1, 0.15) is 18.1 Å². The predicted molar refractivity (Wildman–Crippen MR) is 116 cm³/mol. The molecule has 5 nitrogen and oxygen atoms in total. The zero-order chi connectivity index (χ0) is 18.9. The molecule has 0 saturated carbocycles. The van der Waals surface area contributed by atoms with Crippen LogP contribution < -0.4 is 10.6 Å². The Bertz CT molecular complexity index is 870. The molecule has 0 aliphatic carbocycles. The summed E-state index contributed by atoms with van der Waals surface area (Å²) in [7, 11) is 0. The number of aliphatic imine (C=N–C) groups is 1. The highest BCUT2D eigenvalue weighted by molar-refractivity contribution is 7.98. The number of para-hydroxylation sites is 2. The van der Waals surface area contributed by atoms with E-state index in [2.05, 4.69) is 74.8 Å². The molecule has 1 heterocycles. The minimum Gasteiger partial charge on any atom is -0.357 e. The Kier molecular flexibility index (Phi) is 7.16. The molecule has 0 amide bonds. The van der Waals surface area contributed by atoms with Crippen molar-refractivity contribution in [1.29, 1.82) is 0 Å². The molecule has 0 aliphatic heterocycles. The van der Waals surface area contributed by atoms with Gasteiger partial charge in [-0.25, -0.2) is 9.98 Å². The SMILES string of the molecule is CCNC(=NCc1ccc(Cn2cnc3ccccc32)cc1)NCCSC. The number of nitrogens with zero attached hydrogens (tertiary/aromatic N) is 3. The Balaban J connectivity index is 1.61. The molecule has 0 bridgehead atoms. The summed E-state index contributed by atoms with van der Waals surface area (Å²) >= 11 is 1.83. The average Bonchev–Trinajstić information content (AvgIpc) is 3.10. The molecule has 0 saturated heterocycles. The average molecular weight is 382 g/mol. The lowest BCUT2D eigenvalue weighted by Crippen LogP contribution is -2.38. The Hall–Kier alpha value is -2.47. The summed E-state index contributed by atoms with van der Waals surface area (Å²) < 4.78 is 2.18. The van der Waals surface area contributed by atoms with Crippen molar-refractivity contribution in [1.82, 2.24) is 20.2 Å². The number of hydrogen-bond acceptors (Lipinski definition) is 3. The monoisotopic (exact) mass is 381 g/mol. The summed E-state index contributed by atoms with van der Waals surface area (Å²) in [4.78, 5) is 9.13. The van der Waals surface area contributed by atoms with Crippen LogP contribution >= 0.6 is 11.8 Å². The molecule has 0 radical (unpaired) electrons. The fourth-order valence-corrected chi connectivity index (χ4v) is 3.17. The normalized spacial score (nSPS) is 11.7. The van der Waals surface area contributed by atoms with Gasteiger partial charge in [-0.15, -0.1) is 0 Å². The van der Waals surface area contributed by atoms with E-state index >= 15 is 0 Å². The van der Waals surface area contributed by atoms with Gasteiger partial charge < -0.3 is 15.2 Å². The van der Waals surface area contributed by atoms with Crippen molar-refractivity contribution in [3.05, 3.63) is 66.0 Å². The third-order valence-electron chi connectivity index (χ3n) is 4.27. The summed E-state index contributed by atoms with van der Waals surface area (Å²) in [6.07, 6.45) is 4.02. The Morgan fingerprint density at radius 1 is 1.07 bits per heavy atom. The molecule has 6 heteroatoms. The van der Waals surface area contributed by atoms with Crippen LogP contribution in [0.25, 0.3) is 11.0 Å². The Morgan fingerprint density at radius 3 is 2.63 bits per heavy atom. The lowest BCUT2D eigenvalue weighted by Gasteiger charge is -2.11. The van der Waals surface area contributed by atoms with Gasteiger partial charge in [0.25, 0.3) is 0 Å². The summed E-state index contributed by atoms with van der Waals surface area (Å²) in [6, 6.07) is 16.9. The smallest absolute Gasteiger partial charge is 0.191 e. The van der Waals surface area contributed by atoms with Gasteiger partial charge in [-0.3, -0.25) is 0 Å². The van der Waals surface area contributed by atoms with E-state index in [9.17, 15) is 0 Å². The summed E-state index contributed by atoms with van der Waals surface area (Å²) in [5, 5.41) is 6.65. The van der Waals surface area contributed by atoms with Crippen LogP contribution in [0.5, 0.6) is 0 Å². The number of aromatic nitrogens is 2. The highest BCUT2D eigenvalue weighted by atomic mass is 32.2. The summed E-state index contributed by atoms with van der Waals surface area (Å²) in [6.45, 7) is 5.36. The summed E-state index contributed by atoms with van der Waals surface area (Å²) in [5.74, 6) is 1.95. The minimum atomic E-state index is 0.670. The maximum atomic E-state index is 4.67. The Labute approximate surface area is 165 Å². The lowest BCUT2D eigenvalue weighted by molar-refractivity contribution is 0.822. The third-order valence-corrected chi connectivity index (χ3v) is 4.88. The molecule has 3 aromatic rings. The number of thioether (sulfide) groups is 1. The number of rotatable bonds is 8. The van der Waals surface area contributed by atoms with E-state index in [-0.39, 0.29) is 0 Å². The van der Waals surface area contributed by atoms with Gasteiger partial charge in [0, 0.05) is 25.4 Å². The quantitative estimate of drug-likeness (QED) is 0.356. The zero-order valence-electron chi connectivity index (χ0n) is 16.0.